The number of amides is 1. The minimum atomic E-state index is -1.02. The Bertz CT molecular complexity index is 764. The smallest absolute Gasteiger partial charge is 0.341 e. The number of para-hydroxylation sites is 2. The largest absolute Gasteiger partial charge is 0.495 e. The van der Waals surface area contributed by atoms with Gasteiger partial charge >= 0.3 is 5.97 Å². The lowest BCUT2D eigenvalue weighted by Gasteiger charge is -2.15. The van der Waals surface area contributed by atoms with Crippen molar-refractivity contribution in [3.05, 3.63) is 53.1 Å². The number of methoxy groups -OCH3 is 1. The number of carbonyl (C=O) groups excluding carboxylic acids is 2. The van der Waals surface area contributed by atoms with Crippen LogP contribution in [0.1, 0.15) is 17.3 Å². The van der Waals surface area contributed by atoms with Gasteiger partial charge in [0.1, 0.15) is 5.75 Å². The second-order valence-corrected chi connectivity index (χ2v) is 5.41. The Hall–Kier alpha value is -2.73. The molecule has 0 aliphatic heterocycles. The summed E-state index contributed by atoms with van der Waals surface area (Å²) in [7, 11) is 1.50. The van der Waals surface area contributed by atoms with E-state index in [2.05, 4.69) is 5.32 Å². The number of hydrogen-bond acceptors (Lipinski definition) is 5. The first-order chi connectivity index (χ1) is 11.4. The lowest BCUT2D eigenvalue weighted by molar-refractivity contribution is -0.123. The van der Waals surface area contributed by atoms with E-state index >= 15 is 0 Å². The number of halogens is 1. The van der Waals surface area contributed by atoms with Crippen molar-refractivity contribution >= 4 is 34.9 Å². The molecule has 0 aromatic heterocycles. The van der Waals surface area contributed by atoms with Gasteiger partial charge in [-0.05, 0) is 37.3 Å². The fraction of sp³-hybridized carbons (Fsp3) is 0.176. The summed E-state index contributed by atoms with van der Waals surface area (Å²) in [6.07, 6.45) is -1.02. The normalized spacial score (nSPS) is 11.5. The van der Waals surface area contributed by atoms with Gasteiger partial charge in [0.2, 0.25) is 0 Å². The number of hydrogen-bond donors (Lipinski definition) is 2. The van der Waals surface area contributed by atoms with Gasteiger partial charge in [0.25, 0.3) is 5.91 Å². The first-order valence-electron chi connectivity index (χ1n) is 7.12. The van der Waals surface area contributed by atoms with Crippen LogP contribution in [0.3, 0.4) is 0 Å². The molecule has 1 amide bonds. The minimum Gasteiger partial charge on any atom is -0.495 e. The molecule has 2 aromatic carbocycles. The average Bonchev–Trinajstić information content (AvgIpc) is 2.55. The van der Waals surface area contributed by atoms with Gasteiger partial charge in [-0.2, -0.15) is 0 Å². The summed E-state index contributed by atoms with van der Waals surface area (Å²) in [5.41, 5.74) is 6.55. The molecule has 0 fully saturated rings. The number of benzene rings is 2. The van der Waals surface area contributed by atoms with E-state index in [1.54, 1.807) is 24.3 Å². The molecule has 2 rings (SSSR count). The van der Waals surface area contributed by atoms with Crippen LogP contribution < -0.4 is 15.8 Å². The predicted octanol–water partition coefficient (Wildman–Crippen LogP) is 3.11. The Morgan fingerprint density at radius 1 is 1.21 bits per heavy atom. The Balaban J connectivity index is 2.04. The lowest BCUT2D eigenvalue weighted by atomic mass is 10.2. The van der Waals surface area contributed by atoms with Crippen LogP contribution in [0.2, 0.25) is 5.02 Å². The third kappa shape index (κ3) is 4.17. The molecule has 0 heterocycles. The van der Waals surface area contributed by atoms with E-state index in [0.717, 1.165) is 0 Å². The number of rotatable bonds is 5. The summed E-state index contributed by atoms with van der Waals surface area (Å²) >= 11 is 5.79. The van der Waals surface area contributed by atoms with Crippen LogP contribution in [0.5, 0.6) is 5.75 Å². The van der Waals surface area contributed by atoms with Gasteiger partial charge in [-0.25, -0.2) is 4.79 Å². The van der Waals surface area contributed by atoms with Gasteiger partial charge in [-0.15, -0.1) is 0 Å². The number of nitrogen functional groups attached to an aromatic ring is 1. The summed E-state index contributed by atoms with van der Waals surface area (Å²) in [6.45, 7) is 1.47. The van der Waals surface area contributed by atoms with Crippen LogP contribution in [0.4, 0.5) is 11.4 Å². The number of carbonyl (C=O) groups is 2. The molecular weight excluding hydrogens is 332 g/mol. The van der Waals surface area contributed by atoms with Crippen molar-refractivity contribution < 1.29 is 19.1 Å². The van der Waals surface area contributed by atoms with E-state index in [-0.39, 0.29) is 11.3 Å². The Kier molecular flexibility index (Phi) is 5.65. The van der Waals surface area contributed by atoms with Crippen LogP contribution in [-0.2, 0) is 9.53 Å². The maximum absolute atomic E-state index is 12.2. The van der Waals surface area contributed by atoms with Gasteiger partial charge in [-0.3, -0.25) is 4.79 Å². The molecule has 0 radical (unpaired) electrons. The quantitative estimate of drug-likeness (QED) is 0.640. The van der Waals surface area contributed by atoms with Crippen LogP contribution >= 0.6 is 11.6 Å². The highest BCUT2D eigenvalue weighted by Crippen LogP contribution is 2.24. The second kappa shape index (κ2) is 7.70. The third-order valence-corrected chi connectivity index (χ3v) is 3.49. The molecule has 0 aliphatic rings. The summed E-state index contributed by atoms with van der Waals surface area (Å²) in [5.74, 6) is -0.682. The fourth-order valence-corrected chi connectivity index (χ4v) is 2.16. The number of ether oxygens (including phenoxy) is 2. The molecule has 6 nitrogen and oxygen atoms in total. The van der Waals surface area contributed by atoms with Gasteiger partial charge in [-0.1, -0.05) is 23.7 Å². The number of anilines is 2. The monoisotopic (exact) mass is 348 g/mol. The van der Waals surface area contributed by atoms with Crippen molar-refractivity contribution in [2.45, 2.75) is 13.0 Å². The van der Waals surface area contributed by atoms with Gasteiger partial charge in [0.15, 0.2) is 6.10 Å². The highest BCUT2D eigenvalue weighted by molar-refractivity contribution is 6.31. The van der Waals surface area contributed by atoms with Crippen LogP contribution in [0.25, 0.3) is 0 Å². The maximum Gasteiger partial charge on any atom is 0.341 e. The SMILES string of the molecule is COc1ccccc1NC(=O)[C@@H](C)OC(=O)c1ccc(Cl)cc1N. The van der Waals surface area contributed by atoms with Crippen LogP contribution in [0.15, 0.2) is 42.5 Å². The van der Waals surface area contributed by atoms with E-state index in [1.165, 1.54) is 32.2 Å². The molecule has 1 atom stereocenters. The van der Waals surface area contributed by atoms with Gasteiger partial charge in [0.05, 0.1) is 18.4 Å². The molecular formula is C17H17ClN2O4. The van der Waals surface area contributed by atoms with Crippen molar-refractivity contribution in [2.24, 2.45) is 0 Å². The van der Waals surface area contributed by atoms with Crippen molar-refractivity contribution in [1.29, 1.82) is 0 Å². The summed E-state index contributed by atoms with van der Waals surface area (Å²) in [4.78, 5) is 24.3. The average molecular weight is 349 g/mol. The molecule has 0 unspecified atom stereocenters. The molecule has 0 aliphatic carbocycles. The zero-order valence-electron chi connectivity index (χ0n) is 13.2. The fourth-order valence-electron chi connectivity index (χ4n) is 1.98. The summed E-state index contributed by atoms with van der Waals surface area (Å²) in [5, 5.41) is 3.06. The van der Waals surface area contributed by atoms with E-state index in [0.29, 0.717) is 16.5 Å². The second-order valence-electron chi connectivity index (χ2n) is 4.97. The molecule has 0 bridgehead atoms. The van der Waals surface area contributed by atoms with Crippen molar-refractivity contribution in [3.63, 3.8) is 0 Å². The first-order valence-corrected chi connectivity index (χ1v) is 7.50. The highest BCUT2D eigenvalue weighted by Gasteiger charge is 2.21. The van der Waals surface area contributed by atoms with E-state index < -0.39 is 18.0 Å². The molecule has 0 saturated carbocycles. The summed E-state index contributed by atoms with van der Waals surface area (Å²) < 4.78 is 10.3. The molecule has 24 heavy (non-hydrogen) atoms. The highest BCUT2D eigenvalue weighted by atomic mass is 35.5. The molecule has 0 spiro atoms. The van der Waals surface area contributed by atoms with E-state index in [4.69, 9.17) is 26.8 Å². The van der Waals surface area contributed by atoms with Crippen molar-refractivity contribution in [1.82, 2.24) is 0 Å². The lowest BCUT2D eigenvalue weighted by Crippen LogP contribution is -2.30. The minimum absolute atomic E-state index is 0.149. The summed E-state index contributed by atoms with van der Waals surface area (Å²) in [6, 6.07) is 11.3. The Morgan fingerprint density at radius 3 is 2.58 bits per heavy atom. The number of esters is 1. The van der Waals surface area contributed by atoms with Crippen LogP contribution in [0, 0.1) is 0 Å². The molecule has 2 aromatic rings. The zero-order valence-corrected chi connectivity index (χ0v) is 14.0. The topological polar surface area (TPSA) is 90.6 Å². The standard InChI is InChI=1S/C17H17ClN2O4/c1-10(16(21)20-14-5-3-4-6-15(14)23-2)24-17(22)12-8-7-11(18)9-13(12)19/h3-10H,19H2,1-2H3,(H,20,21)/t10-/m1/s1. The maximum atomic E-state index is 12.2. The number of nitrogens with one attached hydrogen (secondary N) is 1. The Morgan fingerprint density at radius 2 is 1.92 bits per heavy atom. The number of nitrogens with two attached hydrogens (primary N) is 1. The van der Waals surface area contributed by atoms with Crippen LogP contribution in [-0.4, -0.2) is 25.1 Å². The predicted molar refractivity (Wildman–Crippen MR) is 92.4 cm³/mol. The molecule has 126 valence electrons. The zero-order chi connectivity index (χ0) is 17.7. The van der Waals surface area contributed by atoms with Gasteiger partial charge < -0.3 is 20.5 Å². The van der Waals surface area contributed by atoms with Crippen molar-refractivity contribution in [2.75, 3.05) is 18.2 Å². The third-order valence-electron chi connectivity index (χ3n) is 3.25. The van der Waals surface area contributed by atoms with Gasteiger partial charge in [0, 0.05) is 10.7 Å². The van der Waals surface area contributed by atoms with E-state index in [1.807, 2.05) is 0 Å². The molecule has 7 heteroatoms. The first kappa shape index (κ1) is 17.6. The Labute approximate surface area is 144 Å². The van der Waals surface area contributed by atoms with E-state index in [9.17, 15) is 9.59 Å². The van der Waals surface area contributed by atoms with Crippen molar-refractivity contribution in [3.8, 4) is 5.75 Å². The molecule has 0 saturated heterocycles. The molecule has 3 N–H and O–H groups in total.